The van der Waals surface area contributed by atoms with Gasteiger partial charge in [0, 0.05) is 29.5 Å². The number of benzene rings is 2. The first-order valence-corrected chi connectivity index (χ1v) is 12.4. The number of pyridine rings is 1. The summed E-state index contributed by atoms with van der Waals surface area (Å²) < 4.78 is 0. The molecule has 0 saturated carbocycles. The highest BCUT2D eigenvalue weighted by molar-refractivity contribution is 8.02. The van der Waals surface area contributed by atoms with Crippen molar-refractivity contribution >= 4 is 57.0 Å². The number of amides is 1. The van der Waals surface area contributed by atoms with E-state index in [2.05, 4.69) is 20.9 Å². The fraction of sp³-hybridized carbons (Fsp3) is 0.0833. The molecule has 8 nitrogen and oxygen atoms in total. The van der Waals surface area contributed by atoms with Gasteiger partial charge >= 0.3 is 0 Å². The molecule has 1 amide bonds. The molecular formula is C24H21N5O3S2. The molecule has 2 aromatic heterocycles. The van der Waals surface area contributed by atoms with Gasteiger partial charge in [0.15, 0.2) is 0 Å². The number of nitro groups is 1. The van der Waals surface area contributed by atoms with Crippen LogP contribution < -0.4 is 16.0 Å². The molecule has 0 aliphatic rings. The van der Waals surface area contributed by atoms with Gasteiger partial charge in [-0.15, -0.1) is 23.1 Å². The quantitative estimate of drug-likeness (QED) is 0.194. The molecule has 4 aromatic rings. The van der Waals surface area contributed by atoms with E-state index in [1.54, 1.807) is 36.7 Å². The first kappa shape index (κ1) is 23.3. The summed E-state index contributed by atoms with van der Waals surface area (Å²) in [6.07, 6.45) is 4.44. The lowest BCUT2D eigenvalue weighted by molar-refractivity contribution is -0.402. The van der Waals surface area contributed by atoms with E-state index in [1.165, 1.54) is 23.1 Å². The Labute approximate surface area is 204 Å². The second-order valence-electron chi connectivity index (χ2n) is 7.15. The largest absolute Gasteiger partial charge is 0.380 e. The Morgan fingerprint density at radius 1 is 1.12 bits per heavy atom. The van der Waals surface area contributed by atoms with Crippen LogP contribution in [-0.2, 0) is 6.54 Å². The molecule has 0 saturated heterocycles. The van der Waals surface area contributed by atoms with Gasteiger partial charge in [0.05, 0.1) is 16.1 Å². The predicted molar refractivity (Wildman–Crippen MR) is 140 cm³/mol. The third-order valence-electron chi connectivity index (χ3n) is 4.91. The first-order chi connectivity index (χ1) is 16.5. The molecule has 0 spiro atoms. The van der Waals surface area contributed by atoms with Gasteiger partial charge in [-0.05, 0) is 53.6 Å². The van der Waals surface area contributed by atoms with Gasteiger partial charge in [0.25, 0.3) is 12.1 Å². The van der Waals surface area contributed by atoms with Crippen molar-refractivity contribution in [2.45, 2.75) is 6.54 Å². The first-order valence-electron chi connectivity index (χ1n) is 10.2. The summed E-state index contributed by atoms with van der Waals surface area (Å²) in [5.74, 6) is -0.236. The molecule has 0 atom stereocenters. The van der Waals surface area contributed by atoms with Crippen LogP contribution in [0.4, 0.5) is 17.1 Å². The number of carbonyl (C=O) groups excluding carboxylic acids is 1. The van der Waals surface area contributed by atoms with Crippen molar-refractivity contribution in [3.8, 4) is 0 Å². The third-order valence-corrected chi connectivity index (χ3v) is 6.47. The number of fused-ring (bicyclic) bond motifs is 1. The van der Waals surface area contributed by atoms with Gasteiger partial charge in [-0.1, -0.05) is 24.3 Å². The summed E-state index contributed by atoms with van der Waals surface area (Å²) in [6.45, 7) is 0.555. The molecular weight excluding hydrogens is 470 g/mol. The van der Waals surface area contributed by atoms with Crippen LogP contribution in [0.2, 0.25) is 0 Å². The van der Waals surface area contributed by atoms with Crippen molar-refractivity contribution in [3.05, 3.63) is 104 Å². The van der Waals surface area contributed by atoms with E-state index in [-0.39, 0.29) is 5.91 Å². The van der Waals surface area contributed by atoms with Crippen molar-refractivity contribution in [3.63, 3.8) is 0 Å². The summed E-state index contributed by atoms with van der Waals surface area (Å²) in [4.78, 5) is 28.2. The zero-order valence-electron chi connectivity index (χ0n) is 18.1. The molecule has 10 heteroatoms. The number of hydrogen-bond donors (Lipinski definition) is 3. The van der Waals surface area contributed by atoms with Crippen LogP contribution in [0.3, 0.4) is 0 Å². The number of hydrogen-bond acceptors (Lipinski definition) is 8. The molecule has 172 valence electrons. The standard InChI is InChI=1S/C24H21N5O3S2/c1-33-22(15-29(31)32)27-17-5-4-6-18(13-17)28-24(30)23-21(10-12-34-23)26-14-16-9-11-25-20-8-3-2-7-19(16)20/h2-13,15,26-27H,14H2,1H3,(H,28,30)/b22-15-. The number of para-hydroxylation sites is 1. The van der Waals surface area contributed by atoms with Gasteiger partial charge < -0.3 is 16.0 Å². The Balaban J connectivity index is 1.45. The lowest BCUT2D eigenvalue weighted by Gasteiger charge is -2.11. The van der Waals surface area contributed by atoms with Gasteiger partial charge in [-0.2, -0.15) is 0 Å². The minimum Gasteiger partial charge on any atom is -0.380 e. The molecule has 4 rings (SSSR count). The number of aromatic nitrogens is 1. The molecule has 0 aliphatic carbocycles. The van der Waals surface area contributed by atoms with E-state index in [1.807, 2.05) is 41.8 Å². The summed E-state index contributed by atoms with van der Waals surface area (Å²) in [7, 11) is 0. The lowest BCUT2D eigenvalue weighted by Crippen LogP contribution is -2.13. The van der Waals surface area contributed by atoms with Gasteiger partial charge in [0.2, 0.25) is 0 Å². The summed E-state index contributed by atoms with van der Waals surface area (Å²) in [5, 5.41) is 23.3. The van der Waals surface area contributed by atoms with E-state index >= 15 is 0 Å². The number of nitrogens with one attached hydrogen (secondary N) is 3. The fourth-order valence-electron chi connectivity index (χ4n) is 3.36. The number of anilines is 3. The van der Waals surface area contributed by atoms with E-state index in [0.29, 0.717) is 27.8 Å². The smallest absolute Gasteiger partial charge is 0.267 e. The minimum atomic E-state index is -0.509. The van der Waals surface area contributed by atoms with Gasteiger partial charge in [0.1, 0.15) is 9.91 Å². The van der Waals surface area contributed by atoms with Crippen molar-refractivity contribution in [1.82, 2.24) is 4.98 Å². The van der Waals surface area contributed by atoms with Gasteiger partial charge in [-0.3, -0.25) is 19.9 Å². The maximum atomic E-state index is 13.0. The number of thiophene rings is 1. The van der Waals surface area contributed by atoms with Crippen LogP contribution in [0.15, 0.2) is 83.5 Å². The second-order valence-corrected chi connectivity index (χ2v) is 8.91. The van der Waals surface area contributed by atoms with Crippen LogP contribution in [0.1, 0.15) is 15.2 Å². The lowest BCUT2D eigenvalue weighted by atomic mass is 10.1. The molecule has 0 aliphatic heterocycles. The maximum Gasteiger partial charge on any atom is 0.267 e. The predicted octanol–water partition coefficient (Wildman–Crippen LogP) is 6.01. The number of nitrogens with zero attached hydrogens (tertiary/aromatic N) is 2. The van der Waals surface area contributed by atoms with Gasteiger partial charge in [-0.25, -0.2) is 0 Å². The Morgan fingerprint density at radius 2 is 1.91 bits per heavy atom. The highest BCUT2D eigenvalue weighted by atomic mass is 32.2. The average Bonchev–Trinajstić information content (AvgIpc) is 3.31. The van der Waals surface area contributed by atoms with Crippen LogP contribution in [0.5, 0.6) is 0 Å². The molecule has 0 fully saturated rings. The molecule has 0 bridgehead atoms. The summed E-state index contributed by atoms with van der Waals surface area (Å²) in [5.41, 5.74) is 3.98. The third kappa shape index (κ3) is 5.72. The van der Waals surface area contributed by atoms with E-state index in [0.717, 1.165) is 28.4 Å². The number of carbonyl (C=O) groups is 1. The van der Waals surface area contributed by atoms with E-state index in [4.69, 9.17) is 0 Å². The minimum absolute atomic E-state index is 0.236. The van der Waals surface area contributed by atoms with Crippen LogP contribution in [0.25, 0.3) is 10.9 Å². The summed E-state index contributed by atoms with van der Waals surface area (Å²) >= 11 is 2.58. The molecule has 34 heavy (non-hydrogen) atoms. The van der Waals surface area contributed by atoms with E-state index < -0.39 is 4.92 Å². The Kier molecular flexibility index (Phi) is 7.41. The van der Waals surface area contributed by atoms with Crippen LogP contribution >= 0.6 is 23.1 Å². The SMILES string of the molecule is CS/C(=C\[N+](=O)[O-])Nc1cccc(NC(=O)c2sccc2NCc2ccnc3ccccc23)c1. The van der Waals surface area contributed by atoms with Crippen LogP contribution in [0, 0.1) is 10.1 Å². The monoisotopic (exact) mass is 491 g/mol. The van der Waals surface area contributed by atoms with Crippen LogP contribution in [-0.4, -0.2) is 22.1 Å². The van der Waals surface area contributed by atoms with Crippen molar-refractivity contribution in [1.29, 1.82) is 0 Å². The second kappa shape index (κ2) is 10.8. The van der Waals surface area contributed by atoms with Crippen molar-refractivity contribution in [2.24, 2.45) is 0 Å². The van der Waals surface area contributed by atoms with Crippen molar-refractivity contribution < 1.29 is 9.72 Å². The zero-order chi connectivity index (χ0) is 23.9. The Morgan fingerprint density at radius 3 is 2.71 bits per heavy atom. The van der Waals surface area contributed by atoms with E-state index in [9.17, 15) is 14.9 Å². The average molecular weight is 492 g/mol. The maximum absolute atomic E-state index is 13.0. The number of thioether (sulfide) groups is 1. The highest BCUT2D eigenvalue weighted by Crippen LogP contribution is 2.26. The Bertz CT molecular complexity index is 1360. The fourth-order valence-corrected chi connectivity index (χ4v) is 4.54. The number of rotatable bonds is 9. The molecule has 2 aromatic carbocycles. The molecule has 0 radical (unpaired) electrons. The topological polar surface area (TPSA) is 109 Å². The normalized spacial score (nSPS) is 11.3. The molecule has 2 heterocycles. The summed E-state index contributed by atoms with van der Waals surface area (Å²) in [6, 6.07) is 18.8. The molecule has 3 N–H and O–H groups in total. The highest BCUT2D eigenvalue weighted by Gasteiger charge is 2.14. The molecule has 0 unspecified atom stereocenters. The zero-order valence-corrected chi connectivity index (χ0v) is 19.8. The Hall–Kier alpha value is -3.89. The van der Waals surface area contributed by atoms with Crippen molar-refractivity contribution in [2.75, 3.05) is 22.2 Å².